The smallest absolute Gasteiger partial charge is 0.0586 e. The Kier molecular flexibility index (Phi) is 4.22. The molecule has 3 nitrogen and oxygen atoms in total. The molecule has 104 valence electrons. The summed E-state index contributed by atoms with van der Waals surface area (Å²) in [5, 5.41) is 3.41. The van der Waals surface area contributed by atoms with Gasteiger partial charge in [-0.3, -0.25) is 0 Å². The van der Waals surface area contributed by atoms with E-state index >= 15 is 0 Å². The van der Waals surface area contributed by atoms with Crippen molar-refractivity contribution in [3.8, 4) is 0 Å². The van der Waals surface area contributed by atoms with Gasteiger partial charge in [-0.15, -0.1) is 0 Å². The Hall–Kier alpha value is -0.420. The van der Waals surface area contributed by atoms with Crippen LogP contribution >= 0.6 is 15.9 Å². The molecule has 0 amide bonds. The lowest BCUT2D eigenvalue weighted by atomic mass is 9.75. The van der Waals surface area contributed by atoms with Gasteiger partial charge in [0.1, 0.15) is 0 Å². The minimum atomic E-state index is 0.227. The Bertz CT molecular complexity index is 428. The van der Waals surface area contributed by atoms with Crippen LogP contribution < -0.4 is 5.32 Å². The summed E-state index contributed by atoms with van der Waals surface area (Å²) in [6.45, 7) is 7.49. The van der Waals surface area contributed by atoms with Crippen molar-refractivity contribution < 1.29 is 4.74 Å². The summed E-state index contributed by atoms with van der Waals surface area (Å²) in [4.78, 5) is 2.56. The fraction of sp³-hybridized carbons (Fsp3) is 0.600. The summed E-state index contributed by atoms with van der Waals surface area (Å²) in [6, 6.07) is 8.59. The zero-order valence-corrected chi connectivity index (χ0v) is 12.8. The van der Waals surface area contributed by atoms with Crippen LogP contribution in [0.2, 0.25) is 0 Å². The van der Waals surface area contributed by atoms with Crippen molar-refractivity contribution in [1.82, 2.24) is 10.2 Å². The van der Waals surface area contributed by atoms with E-state index in [0.29, 0.717) is 0 Å². The summed E-state index contributed by atoms with van der Waals surface area (Å²) < 4.78 is 6.76. The zero-order chi connectivity index (χ0) is 13.1. The first-order chi connectivity index (χ1) is 9.30. The van der Waals surface area contributed by atoms with E-state index in [9.17, 15) is 0 Å². The van der Waals surface area contributed by atoms with Crippen LogP contribution in [-0.2, 0) is 10.2 Å². The number of piperazine rings is 1. The van der Waals surface area contributed by atoms with Crippen LogP contribution in [0.4, 0.5) is 0 Å². The number of rotatable bonds is 4. The van der Waals surface area contributed by atoms with Gasteiger partial charge in [0.05, 0.1) is 13.2 Å². The van der Waals surface area contributed by atoms with Gasteiger partial charge in [-0.1, -0.05) is 34.1 Å². The van der Waals surface area contributed by atoms with Crippen molar-refractivity contribution in [2.45, 2.75) is 11.8 Å². The highest BCUT2D eigenvalue weighted by atomic mass is 79.9. The summed E-state index contributed by atoms with van der Waals surface area (Å²) in [7, 11) is 0. The van der Waals surface area contributed by atoms with Crippen molar-refractivity contribution in [1.29, 1.82) is 0 Å². The molecule has 2 heterocycles. The molecule has 0 bridgehead atoms. The third-order valence-electron chi connectivity index (χ3n) is 4.32. The second kappa shape index (κ2) is 5.92. The van der Waals surface area contributed by atoms with Gasteiger partial charge in [-0.2, -0.15) is 0 Å². The average molecular weight is 325 g/mol. The molecule has 19 heavy (non-hydrogen) atoms. The number of hydrogen-bond donors (Lipinski definition) is 1. The Balaban J connectivity index is 1.67. The highest BCUT2D eigenvalue weighted by Gasteiger charge is 2.41. The van der Waals surface area contributed by atoms with Gasteiger partial charge in [0.2, 0.25) is 0 Å². The molecule has 0 aliphatic carbocycles. The van der Waals surface area contributed by atoms with Crippen LogP contribution in [0.1, 0.15) is 12.0 Å². The van der Waals surface area contributed by atoms with E-state index in [-0.39, 0.29) is 5.41 Å². The standard InChI is InChI=1S/C15H21BrN2O/c16-14-4-2-1-3-13(14)15(11-19-12-15)5-8-18-9-6-17-7-10-18/h1-4,17H,5-12H2. The Morgan fingerprint density at radius 2 is 1.95 bits per heavy atom. The molecular weight excluding hydrogens is 304 g/mol. The molecule has 0 aromatic heterocycles. The van der Waals surface area contributed by atoms with Gasteiger partial charge >= 0.3 is 0 Å². The number of nitrogens with zero attached hydrogens (tertiary/aromatic N) is 1. The molecule has 2 fully saturated rings. The first kappa shape index (κ1) is 13.6. The lowest BCUT2D eigenvalue weighted by Crippen LogP contribution is -2.51. The molecule has 1 N–H and O–H groups in total. The van der Waals surface area contributed by atoms with Crippen LogP contribution in [0.5, 0.6) is 0 Å². The summed E-state index contributed by atoms with van der Waals surface area (Å²) >= 11 is 3.69. The molecule has 0 unspecified atom stereocenters. The summed E-state index contributed by atoms with van der Waals surface area (Å²) in [5.41, 5.74) is 1.64. The number of ether oxygens (including phenoxy) is 1. The maximum Gasteiger partial charge on any atom is 0.0586 e. The molecule has 1 aromatic rings. The van der Waals surface area contributed by atoms with Gasteiger partial charge in [0, 0.05) is 36.1 Å². The fourth-order valence-electron chi connectivity index (χ4n) is 2.98. The highest BCUT2D eigenvalue weighted by molar-refractivity contribution is 9.10. The van der Waals surface area contributed by atoms with Crippen molar-refractivity contribution in [3.05, 3.63) is 34.3 Å². The normalized spacial score (nSPS) is 23.0. The maximum atomic E-state index is 5.54. The third-order valence-corrected chi connectivity index (χ3v) is 5.01. The lowest BCUT2D eigenvalue weighted by Gasteiger charge is -2.44. The molecule has 2 saturated heterocycles. The van der Waals surface area contributed by atoms with Crippen LogP contribution in [0, 0.1) is 0 Å². The van der Waals surface area contributed by atoms with E-state index in [4.69, 9.17) is 4.74 Å². The fourth-order valence-corrected chi connectivity index (χ4v) is 3.69. The number of benzene rings is 1. The number of hydrogen-bond acceptors (Lipinski definition) is 3. The van der Waals surface area contributed by atoms with E-state index in [1.54, 1.807) is 0 Å². The van der Waals surface area contributed by atoms with Gasteiger partial charge in [-0.05, 0) is 24.6 Å². The van der Waals surface area contributed by atoms with E-state index in [0.717, 1.165) is 26.3 Å². The van der Waals surface area contributed by atoms with E-state index in [1.165, 1.54) is 36.1 Å². The van der Waals surface area contributed by atoms with Gasteiger partial charge < -0.3 is 15.0 Å². The van der Waals surface area contributed by atoms with E-state index < -0.39 is 0 Å². The summed E-state index contributed by atoms with van der Waals surface area (Å²) in [5.74, 6) is 0. The molecular formula is C15H21BrN2O. The van der Waals surface area contributed by atoms with Gasteiger partial charge in [-0.25, -0.2) is 0 Å². The monoisotopic (exact) mass is 324 g/mol. The van der Waals surface area contributed by atoms with E-state index in [2.05, 4.69) is 50.4 Å². The molecule has 3 rings (SSSR count). The van der Waals surface area contributed by atoms with Crippen LogP contribution in [0.3, 0.4) is 0 Å². The van der Waals surface area contributed by atoms with E-state index in [1.807, 2.05) is 0 Å². The molecule has 0 radical (unpaired) electrons. The first-order valence-corrected chi connectivity index (χ1v) is 7.85. The molecule has 2 aliphatic heterocycles. The molecule has 2 aliphatic rings. The quantitative estimate of drug-likeness (QED) is 0.917. The average Bonchev–Trinajstić information content (AvgIpc) is 2.41. The Labute approximate surface area is 123 Å². The number of halogens is 1. The van der Waals surface area contributed by atoms with Crippen LogP contribution in [0.15, 0.2) is 28.7 Å². The second-order valence-corrected chi connectivity index (χ2v) is 6.45. The summed E-state index contributed by atoms with van der Waals surface area (Å²) in [6.07, 6.45) is 1.19. The predicted molar refractivity (Wildman–Crippen MR) is 80.6 cm³/mol. The second-order valence-electron chi connectivity index (χ2n) is 5.59. The molecule has 0 spiro atoms. The zero-order valence-electron chi connectivity index (χ0n) is 11.2. The molecule has 0 atom stereocenters. The number of nitrogens with one attached hydrogen (secondary N) is 1. The minimum Gasteiger partial charge on any atom is -0.379 e. The van der Waals surface area contributed by atoms with Crippen LogP contribution in [-0.4, -0.2) is 50.8 Å². The van der Waals surface area contributed by atoms with Crippen molar-refractivity contribution in [2.24, 2.45) is 0 Å². The van der Waals surface area contributed by atoms with Crippen LogP contribution in [0.25, 0.3) is 0 Å². The SMILES string of the molecule is Brc1ccccc1C1(CCN2CCNCC2)COC1. The topological polar surface area (TPSA) is 24.5 Å². The van der Waals surface area contributed by atoms with Crippen molar-refractivity contribution in [3.63, 3.8) is 0 Å². The molecule has 4 heteroatoms. The third kappa shape index (κ3) is 2.87. The van der Waals surface area contributed by atoms with Crippen molar-refractivity contribution >= 4 is 15.9 Å². The van der Waals surface area contributed by atoms with Gasteiger partial charge in [0.15, 0.2) is 0 Å². The largest absolute Gasteiger partial charge is 0.379 e. The Morgan fingerprint density at radius 1 is 1.21 bits per heavy atom. The van der Waals surface area contributed by atoms with Crippen molar-refractivity contribution in [2.75, 3.05) is 45.9 Å². The highest BCUT2D eigenvalue weighted by Crippen LogP contribution is 2.39. The maximum absolute atomic E-state index is 5.54. The first-order valence-electron chi connectivity index (χ1n) is 7.06. The lowest BCUT2D eigenvalue weighted by molar-refractivity contribution is -0.0682. The van der Waals surface area contributed by atoms with Gasteiger partial charge in [0.25, 0.3) is 0 Å². The minimum absolute atomic E-state index is 0.227. The molecule has 1 aromatic carbocycles. The predicted octanol–water partition coefficient (Wildman–Crippen LogP) is 2.01. The molecule has 0 saturated carbocycles. The Morgan fingerprint density at radius 3 is 2.58 bits per heavy atom.